The Labute approximate surface area is 150 Å². The van der Waals surface area contributed by atoms with Crippen LogP contribution in [0.2, 0.25) is 0 Å². The predicted molar refractivity (Wildman–Crippen MR) is 99.0 cm³/mol. The van der Waals surface area contributed by atoms with Crippen LogP contribution in [0, 0.1) is 0 Å². The Morgan fingerprint density at radius 3 is 2.88 bits per heavy atom. The lowest BCUT2D eigenvalue weighted by atomic mass is 10.1. The second-order valence-corrected chi connectivity index (χ2v) is 9.60. The van der Waals surface area contributed by atoms with E-state index in [4.69, 9.17) is 0 Å². The number of hydrogen-bond donors (Lipinski definition) is 1. The van der Waals surface area contributed by atoms with Gasteiger partial charge in [0.05, 0.1) is 17.6 Å². The molecule has 0 radical (unpaired) electrons. The van der Waals surface area contributed by atoms with E-state index in [1.165, 1.54) is 15.4 Å². The molecule has 4 rings (SSSR count). The van der Waals surface area contributed by atoms with Crippen molar-refractivity contribution in [1.29, 1.82) is 0 Å². The van der Waals surface area contributed by atoms with E-state index < -0.39 is 10.0 Å². The maximum Gasteiger partial charge on any atom is 0.257 e. The molecule has 1 aromatic carbocycles. The topological polar surface area (TPSA) is 79.4 Å². The van der Waals surface area contributed by atoms with Crippen LogP contribution in [0.3, 0.4) is 0 Å². The lowest BCUT2D eigenvalue weighted by Gasteiger charge is -2.21. The van der Waals surface area contributed by atoms with Crippen molar-refractivity contribution in [1.82, 2.24) is 4.98 Å². The molecule has 2 aliphatic rings. The van der Waals surface area contributed by atoms with Crippen molar-refractivity contribution in [3.05, 3.63) is 39.9 Å². The molecule has 2 aromatic rings. The second-order valence-electron chi connectivity index (χ2n) is 6.65. The van der Waals surface area contributed by atoms with Crippen molar-refractivity contribution < 1.29 is 13.2 Å². The maximum atomic E-state index is 12.5. The van der Waals surface area contributed by atoms with Crippen LogP contribution in [0.5, 0.6) is 0 Å². The molecule has 1 N–H and O–H groups in total. The number of aryl methyl sites for hydroxylation is 2. The fourth-order valence-corrected chi connectivity index (χ4v) is 5.97. The number of rotatable bonds is 3. The van der Waals surface area contributed by atoms with Gasteiger partial charge in [0.2, 0.25) is 10.0 Å². The number of fused-ring (bicyclic) bond motifs is 2. The normalized spacial score (nSPS) is 19.0. The van der Waals surface area contributed by atoms with Crippen molar-refractivity contribution in [2.45, 2.75) is 38.6 Å². The predicted octanol–water partition coefficient (Wildman–Crippen LogP) is 2.59. The molecule has 1 aromatic heterocycles. The summed E-state index contributed by atoms with van der Waals surface area (Å²) in [6.45, 7) is 1.87. The zero-order chi connectivity index (χ0) is 17.8. The van der Waals surface area contributed by atoms with Gasteiger partial charge in [-0.3, -0.25) is 14.4 Å². The zero-order valence-corrected chi connectivity index (χ0v) is 15.7. The lowest BCUT2D eigenvalue weighted by molar-refractivity contribution is 0.102. The molecule has 6 nitrogen and oxygen atoms in total. The van der Waals surface area contributed by atoms with Gasteiger partial charge in [-0.05, 0) is 56.4 Å². The minimum absolute atomic E-state index is 0.134. The molecule has 0 spiro atoms. The van der Waals surface area contributed by atoms with E-state index in [0.717, 1.165) is 30.5 Å². The van der Waals surface area contributed by atoms with Crippen molar-refractivity contribution in [3.8, 4) is 0 Å². The molecule has 0 bridgehead atoms. The number of sulfonamides is 1. The van der Waals surface area contributed by atoms with Crippen molar-refractivity contribution in [3.63, 3.8) is 0 Å². The van der Waals surface area contributed by atoms with E-state index >= 15 is 0 Å². The summed E-state index contributed by atoms with van der Waals surface area (Å²) in [5.74, 6) is -0.208. The molecule has 8 heteroatoms. The fourth-order valence-electron chi connectivity index (χ4n) is 3.66. The molecule has 25 heavy (non-hydrogen) atoms. The van der Waals surface area contributed by atoms with Gasteiger partial charge in [-0.15, -0.1) is 11.3 Å². The summed E-state index contributed by atoms with van der Waals surface area (Å²) in [6, 6.07) is 5.04. The number of thiazole rings is 1. The number of nitrogens with zero attached hydrogens (tertiary/aromatic N) is 2. The van der Waals surface area contributed by atoms with Crippen LogP contribution in [-0.4, -0.2) is 31.6 Å². The summed E-state index contributed by atoms with van der Waals surface area (Å²) in [4.78, 5) is 18.3. The first-order valence-electron chi connectivity index (χ1n) is 8.25. The number of aromatic nitrogens is 1. The molecule has 1 aliphatic heterocycles. The highest BCUT2D eigenvalue weighted by atomic mass is 32.2. The lowest BCUT2D eigenvalue weighted by Crippen LogP contribution is -2.34. The molecule has 1 amide bonds. The third-order valence-electron chi connectivity index (χ3n) is 4.67. The third kappa shape index (κ3) is 2.93. The van der Waals surface area contributed by atoms with Crippen LogP contribution < -0.4 is 9.62 Å². The summed E-state index contributed by atoms with van der Waals surface area (Å²) in [6.07, 6.45) is 4.99. The minimum Gasteiger partial charge on any atom is -0.298 e. The Kier molecular flexibility index (Phi) is 3.84. The van der Waals surface area contributed by atoms with Gasteiger partial charge in [-0.2, -0.15) is 0 Å². The molecule has 0 fully saturated rings. The van der Waals surface area contributed by atoms with E-state index in [9.17, 15) is 13.2 Å². The molecule has 132 valence electrons. The average Bonchev–Trinajstić information content (AvgIpc) is 3.16. The molecule has 0 saturated carbocycles. The van der Waals surface area contributed by atoms with E-state index in [1.54, 1.807) is 29.5 Å². The van der Waals surface area contributed by atoms with E-state index in [0.29, 0.717) is 22.8 Å². The first-order valence-corrected chi connectivity index (χ1v) is 10.9. The molecule has 1 atom stereocenters. The Hall–Kier alpha value is -1.93. The zero-order valence-electron chi connectivity index (χ0n) is 14.1. The average molecular weight is 377 g/mol. The fraction of sp³-hybridized carbons (Fsp3) is 0.412. The van der Waals surface area contributed by atoms with Crippen molar-refractivity contribution in [2.24, 2.45) is 0 Å². The first-order chi connectivity index (χ1) is 11.8. The number of benzene rings is 1. The van der Waals surface area contributed by atoms with Crippen LogP contribution in [0.4, 0.5) is 10.8 Å². The smallest absolute Gasteiger partial charge is 0.257 e. The van der Waals surface area contributed by atoms with Gasteiger partial charge in [0, 0.05) is 16.5 Å². The van der Waals surface area contributed by atoms with Crippen molar-refractivity contribution in [2.75, 3.05) is 15.9 Å². The number of carbonyl (C=O) groups excluding carboxylic acids is 1. The van der Waals surface area contributed by atoms with E-state index in [-0.39, 0.29) is 11.9 Å². The van der Waals surface area contributed by atoms with Crippen LogP contribution in [-0.2, 0) is 29.3 Å². The van der Waals surface area contributed by atoms with Crippen LogP contribution in [0.25, 0.3) is 0 Å². The van der Waals surface area contributed by atoms with Gasteiger partial charge in [0.1, 0.15) is 0 Å². The van der Waals surface area contributed by atoms with Crippen molar-refractivity contribution >= 4 is 38.1 Å². The molecule has 0 saturated heterocycles. The summed E-state index contributed by atoms with van der Waals surface area (Å²) >= 11 is 1.54. The molecular formula is C17H19N3O3S2. The SMILES string of the molecule is C[C@@H]1Cc2cc(C(=O)Nc3nc4c(s3)CCC4)ccc2N1S(C)(=O)=O. The standard InChI is InChI=1S/C17H19N3O3S2/c1-10-8-12-9-11(6-7-14(12)20(10)25(2,22)23)16(21)19-17-18-13-4-3-5-15(13)24-17/h6-7,9-10H,3-5,8H2,1-2H3,(H,18,19,21)/t10-/m1/s1. The minimum atomic E-state index is -3.32. The Morgan fingerprint density at radius 1 is 1.36 bits per heavy atom. The van der Waals surface area contributed by atoms with Crippen LogP contribution in [0.15, 0.2) is 18.2 Å². The molecular weight excluding hydrogens is 358 g/mol. The number of amides is 1. The summed E-state index contributed by atoms with van der Waals surface area (Å²) in [5.41, 5.74) is 3.18. The van der Waals surface area contributed by atoms with Gasteiger partial charge in [-0.1, -0.05) is 0 Å². The highest BCUT2D eigenvalue weighted by Gasteiger charge is 2.32. The molecule has 2 heterocycles. The summed E-state index contributed by atoms with van der Waals surface area (Å²) in [7, 11) is -3.32. The maximum absolute atomic E-state index is 12.5. The van der Waals surface area contributed by atoms with Crippen LogP contribution >= 0.6 is 11.3 Å². The van der Waals surface area contributed by atoms with Gasteiger partial charge < -0.3 is 0 Å². The third-order valence-corrected chi connectivity index (χ3v) is 7.01. The number of carbonyl (C=O) groups is 1. The monoisotopic (exact) mass is 377 g/mol. The highest BCUT2D eigenvalue weighted by molar-refractivity contribution is 7.92. The quantitative estimate of drug-likeness (QED) is 0.892. The Bertz CT molecular complexity index is 944. The van der Waals surface area contributed by atoms with Gasteiger partial charge in [-0.25, -0.2) is 13.4 Å². The van der Waals surface area contributed by atoms with Gasteiger partial charge in [0.25, 0.3) is 5.91 Å². The number of anilines is 2. The van der Waals surface area contributed by atoms with Gasteiger partial charge >= 0.3 is 0 Å². The largest absolute Gasteiger partial charge is 0.298 e. The second kappa shape index (κ2) is 5.81. The number of hydrogen-bond acceptors (Lipinski definition) is 5. The highest BCUT2D eigenvalue weighted by Crippen LogP contribution is 2.35. The first kappa shape index (κ1) is 16.5. The van der Waals surface area contributed by atoms with E-state index in [2.05, 4.69) is 10.3 Å². The van der Waals surface area contributed by atoms with Crippen LogP contribution in [0.1, 0.15) is 39.8 Å². The number of nitrogens with one attached hydrogen (secondary N) is 1. The molecule has 1 aliphatic carbocycles. The van der Waals surface area contributed by atoms with Gasteiger partial charge in [0.15, 0.2) is 5.13 Å². The molecule has 0 unspecified atom stereocenters. The van der Waals surface area contributed by atoms with E-state index in [1.807, 2.05) is 6.92 Å². The Balaban J connectivity index is 1.58. The summed E-state index contributed by atoms with van der Waals surface area (Å²) in [5, 5.41) is 3.51. The summed E-state index contributed by atoms with van der Waals surface area (Å²) < 4.78 is 25.4. The Morgan fingerprint density at radius 2 is 2.16 bits per heavy atom.